The zero-order chi connectivity index (χ0) is 24.2. The Bertz CT molecular complexity index is 1380. The molecule has 0 spiro atoms. The van der Waals surface area contributed by atoms with Crippen molar-refractivity contribution in [3.8, 4) is 17.0 Å². The summed E-state index contributed by atoms with van der Waals surface area (Å²) < 4.78 is 40.5. The Kier molecular flexibility index (Phi) is 6.78. The summed E-state index contributed by atoms with van der Waals surface area (Å²) in [7, 11) is 1.47. The van der Waals surface area contributed by atoms with Crippen LogP contribution in [-0.2, 0) is 4.74 Å². The average Bonchev–Trinajstić information content (AvgIpc) is 2.82. The van der Waals surface area contributed by atoms with Crippen molar-refractivity contribution in [1.29, 1.82) is 0 Å². The number of nitrogen functional groups attached to an aromatic ring is 1. The topological polar surface area (TPSA) is 99.4 Å². The smallest absolute Gasteiger partial charge is 0.341 e. The van der Waals surface area contributed by atoms with Crippen molar-refractivity contribution in [1.82, 2.24) is 9.97 Å². The maximum absolute atomic E-state index is 14.0. The van der Waals surface area contributed by atoms with Crippen molar-refractivity contribution < 1.29 is 23.0 Å². The average molecular weight is 483 g/mol. The lowest BCUT2D eigenvalue weighted by Crippen LogP contribution is -2.09. The molecule has 2 aromatic heterocycles. The van der Waals surface area contributed by atoms with E-state index in [1.54, 1.807) is 31.3 Å². The number of nitrogens with two attached hydrogens (primary N) is 1. The first kappa shape index (κ1) is 23.2. The highest BCUT2D eigenvalue weighted by atomic mass is 32.2. The van der Waals surface area contributed by atoms with Crippen molar-refractivity contribution in [3.63, 3.8) is 0 Å². The van der Waals surface area contributed by atoms with E-state index in [-0.39, 0.29) is 22.9 Å². The van der Waals surface area contributed by atoms with Gasteiger partial charge in [-0.25, -0.2) is 23.5 Å². The maximum atomic E-state index is 14.0. The predicted octanol–water partition coefficient (Wildman–Crippen LogP) is 5.46. The number of hydrogen-bond acceptors (Lipinski definition) is 8. The van der Waals surface area contributed by atoms with Crippen molar-refractivity contribution in [2.24, 2.45) is 0 Å². The molecule has 0 bridgehead atoms. The minimum absolute atomic E-state index is 0.0985. The molecule has 2 heterocycles. The van der Waals surface area contributed by atoms with E-state index in [1.165, 1.54) is 19.2 Å². The Labute approximate surface area is 198 Å². The summed E-state index contributed by atoms with van der Waals surface area (Å²) in [5, 5.41) is 0.697. The van der Waals surface area contributed by atoms with Crippen LogP contribution >= 0.6 is 11.9 Å². The first-order valence-corrected chi connectivity index (χ1v) is 11.0. The van der Waals surface area contributed by atoms with Crippen LogP contribution in [0.25, 0.3) is 22.0 Å². The molecule has 4 aromatic rings. The molecular formula is C24H20F2N4O3S. The molecule has 0 fully saturated rings. The van der Waals surface area contributed by atoms with Gasteiger partial charge < -0.3 is 19.9 Å². The number of carbonyl (C=O) groups is 1. The third-order valence-corrected chi connectivity index (χ3v) is 5.76. The number of nitrogens with zero attached hydrogens (tertiary/aromatic N) is 2. The van der Waals surface area contributed by atoms with Crippen molar-refractivity contribution in [2.45, 2.75) is 11.8 Å². The Balaban J connectivity index is 1.67. The lowest BCUT2D eigenvalue weighted by Gasteiger charge is -2.12. The molecule has 34 heavy (non-hydrogen) atoms. The monoisotopic (exact) mass is 482 g/mol. The normalized spacial score (nSPS) is 10.8. The molecule has 2 aromatic carbocycles. The van der Waals surface area contributed by atoms with Gasteiger partial charge in [-0.15, -0.1) is 0 Å². The molecule has 0 unspecified atom stereocenters. The third kappa shape index (κ3) is 4.86. The number of halogens is 2. The van der Waals surface area contributed by atoms with E-state index in [2.05, 4.69) is 14.7 Å². The van der Waals surface area contributed by atoms with Gasteiger partial charge in [-0.3, -0.25) is 0 Å². The van der Waals surface area contributed by atoms with Gasteiger partial charge in [0.1, 0.15) is 28.7 Å². The zero-order valence-electron chi connectivity index (χ0n) is 18.3. The largest absolute Gasteiger partial charge is 0.480 e. The summed E-state index contributed by atoms with van der Waals surface area (Å²) in [6.07, 6.45) is 1.63. The van der Waals surface area contributed by atoms with Crippen LogP contribution in [0, 0.1) is 11.6 Å². The molecule has 3 N–H and O–H groups in total. The second kappa shape index (κ2) is 9.92. The zero-order valence-corrected chi connectivity index (χ0v) is 19.1. The number of anilines is 2. The summed E-state index contributed by atoms with van der Waals surface area (Å²) in [4.78, 5) is 21.0. The van der Waals surface area contributed by atoms with Gasteiger partial charge in [0.15, 0.2) is 0 Å². The van der Waals surface area contributed by atoms with Crippen molar-refractivity contribution in [3.05, 3.63) is 71.9 Å². The van der Waals surface area contributed by atoms with Gasteiger partial charge in [-0.1, -0.05) is 6.07 Å². The lowest BCUT2D eigenvalue weighted by molar-refractivity contribution is 0.0527. The van der Waals surface area contributed by atoms with E-state index in [4.69, 9.17) is 15.2 Å². The minimum atomic E-state index is -0.681. The van der Waals surface area contributed by atoms with Gasteiger partial charge in [0.25, 0.3) is 0 Å². The van der Waals surface area contributed by atoms with Gasteiger partial charge in [0.2, 0.25) is 5.88 Å². The first-order chi connectivity index (χ1) is 16.4. The Morgan fingerprint density at radius 1 is 1.12 bits per heavy atom. The SMILES string of the molecule is CCOC(=O)c1cc2cc(-c3cnc(OC)c(NSc4ccc(F)cc4F)c3)ccc2nc1N. The second-order valence-electron chi connectivity index (χ2n) is 7.11. The number of hydrogen-bond donors (Lipinski definition) is 2. The summed E-state index contributed by atoms with van der Waals surface area (Å²) in [5.74, 6) is -1.47. The molecule has 0 saturated heterocycles. The fourth-order valence-corrected chi connectivity index (χ4v) is 3.92. The minimum Gasteiger partial charge on any atom is -0.480 e. The molecule has 10 heteroatoms. The highest BCUT2D eigenvalue weighted by Gasteiger charge is 2.15. The summed E-state index contributed by atoms with van der Waals surface area (Å²) >= 11 is 0.969. The number of nitrogens with one attached hydrogen (secondary N) is 1. The van der Waals surface area contributed by atoms with Crippen LogP contribution in [-0.4, -0.2) is 29.7 Å². The molecule has 7 nitrogen and oxygen atoms in total. The third-order valence-electron chi connectivity index (χ3n) is 4.88. The molecule has 0 atom stereocenters. The van der Waals surface area contributed by atoms with Crippen LogP contribution < -0.4 is 15.2 Å². The molecule has 0 amide bonds. The predicted molar refractivity (Wildman–Crippen MR) is 128 cm³/mol. The number of carbonyl (C=O) groups excluding carboxylic acids is 1. The van der Waals surface area contributed by atoms with Crippen molar-refractivity contribution >= 4 is 40.3 Å². The molecular weight excluding hydrogens is 462 g/mol. The van der Waals surface area contributed by atoms with E-state index in [0.29, 0.717) is 22.5 Å². The maximum Gasteiger partial charge on any atom is 0.341 e. The number of benzene rings is 2. The summed E-state index contributed by atoms with van der Waals surface area (Å²) in [6.45, 7) is 1.94. The van der Waals surface area contributed by atoms with Gasteiger partial charge >= 0.3 is 5.97 Å². The van der Waals surface area contributed by atoms with Crippen LogP contribution in [0.15, 0.2) is 59.6 Å². The Morgan fingerprint density at radius 2 is 1.94 bits per heavy atom. The highest BCUT2D eigenvalue weighted by molar-refractivity contribution is 8.00. The van der Waals surface area contributed by atoms with Crippen LogP contribution in [0.1, 0.15) is 17.3 Å². The van der Waals surface area contributed by atoms with Gasteiger partial charge in [0.05, 0.1) is 24.1 Å². The number of fused-ring (bicyclic) bond motifs is 1. The molecule has 0 aliphatic heterocycles. The quantitative estimate of drug-likeness (QED) is 0.265. The fraction of sp³-hybridized carbons (Fsp3) is 0.125. The van der Waals surface area contributed by atoms with E-state index < -0.39 is 17.6 Å². The van der Waals surface area contributed by atoms with E-state index in [1.807, 2.05) is 12.1 Å². The van der Waals surface area contributed by atoms with E-state index in [0.717, 1.165) is 29.1 Å². The molecule has 174 valence electrons. The van der Waals surface area contributed by atoms with Crippen LogP contribution in [0.3, 0.4) is 0 Å². The van der Waals surface area contributed by atoms with Crippen LogP contribution in [0.4, 0.5) is 20.3 Å². The number of pyridine rings is 2. The van der Waals surface area contributed by atoms with E-state index in [9.17, 15) is 13.6 Å². The lowest BCUT2D eigenvalue weighted by atomic mass is 10.0. The molecule has 0 aliphatic rings. The standard InChI is InChI=1S/C24H20F2N4O3S/c1-3-33-24(31)17-9-14-8-13(4-6-19(14)29-22(17)27)15-10-20(23(32-2)28-12-15)30-34-21-7-5-16(25)11-18(21)26/h4-12,30H,3H2,1-2H3,(H2,27,29). The number of esters is 1. The molecule has 0 radical (unpaired) electrons. The Morgan fingerprint density at radius 3 is 2.68 bits per heavy atom. The molecule has 4 rings (SSSR count). The van der Waals surface area contributed by atoms with Gasteiger partial charge in [-0.2, -0.15) is 0 Å². The highest BCUT2D eigenvalue weighted by Crippen LogP contribution is 2.33. The number of rotatable bonds is 7. The number of ether oxygens (including phenoxy) is 2. The summed E-state index contributed by atoms with van der Waals surface area (Å²) in [6, 6.07) is 12.3. The van der Waals surface area contributed by atoms with Crippen molar-refractivity contribution in [2.75, 3.05) is 24.2 Å². The van der Waals surface area contributed by atoms with Crippen LogP contribution in [0.5, 0.6) is 5.88 Å². The Hall–Kier alpha value is -3.92. The number of aromatic nitrogens is 2. The van der Waals surface area contributed by atoms with Crippen LogP contribution in [0.2, 0.25) is 0 Å². The molecule has 0 aliphatic carbocycles. The fourth-order valence-electron chi connectivity index (χ4n) is 3.26. The van der Waals surface area contributed by atoms with Gasteiger partial charge in [-0.05, 0) is 60.8 Å². The van der Waals surface area contributed by atoms with E-state index >= 15 is 0 Å². The first-order valence-electron chi connectivity index (χ1n) is 10.2. The van der Waals surface area contributed by atoms with Gasteiger partial charge in [0, 0.05) is 23.2 Å². The number of methoxy groups -OCH3 is 1. The molecule has 0 saturated carbocycles. The summed E-state index contributed by atoms with van der Waals surface area (Å²) in [5.41, 5.74) is 8.77. The second-order valence-corrected chi connectivity index (χ2v) is 7.96.